The fraction of sp³-hybridized carbons (Fsp3) is 0.235. The maximum absolute atomic E-state index is 12.9. The van der Waals surface area contributed by atoms with Gasteiger partial charge in [0.2, 0.25) is 5.91 Å². The van der Waals surface area contributed by atoms with E-state index in [1.807, 2.05) is 0 Å². The second-order valence-corrected chi connectivity index (χ2v) is 8.89. The Labute approximate surface area is 159 Å². The van der Waals surface area contributed by atoms with E-state index in [2.05, 4.69) is 5.32 Å². The summed E-state index contributed by atoms with van der Waals surface area (Å²) < 4.78 is 35.6. The van der Waals surface area contributed by atoms with Gasteiger partial charge in [0.15, 0.2) is 9.84 Å². The third-order valence-electron chi connectivity index (χ3n) is 3.88. The number of sulfone groups is 1. The number of carbonyl (C=O) groups is 3. The van der Waals surface area contributed by atoms with Crippen LogP contribution in [0.3, 0.4) is 0 Å². The zero-order valence-corrected chi connectivity index (χ0v) is 15.6. The van der Waals surface area contributed by atoms with Crippen LogP contribution in [0.2, 0.25) is 0 Å². The predicted molar refractivity (Wildman–Crippen MR) is 98.6 cm³/mol. The lowest BCUT2D eigenvalue weighted by molar-refractivity contribution is -0.124. The van der Waals surface area contributed by atoms with Crippen LogP contribution in [0.15, 0.2) is 40.7 Å². The smallest absolute Gasteiger partial charge is 0.293 e. The number of rotatable bonds is 5. The van der Waals surface area contributed by atoms with E-state index in [0.29, 0.717) is 5.56 Å². The molecule has 0 aromatic heterocycles. The first-order valence-corrected chi connectivity index (χ1v) is 10.5. The summed E-state index contributed by atoms with van der Waals surface area (Å²) in [5.41, 5.74) is 0.578. The van der Waals surface area contributed by atoms with Crippen molar-refractivity contribution in [2.75, 3.05) is 12.3 Å². The molecule has 10 heteroatoms. The molecule has 2 heterocycles. The van der Waals surface area contributed by atoms with Crippen LogP contribution in [0.25, 0.3) is 6.08 Å². The van der Waals surface area contributed by atoms with E-state index in [9.17, 15) is 27.2 Å². The molecule has 0 unspecified atom stereocenters. The lowest BCUT2D eigenvalue weighted by Crippen LogP contribution is -2.38. The highest BCUT2D eigenvalue weighted by Gasteiger charge is 2.35. The highest BCUT2D eigenvalue weighted by molar-refractivity contribution is 8.18. The summed E-state index contributed by atoms with van der Waals surface area (Å²) in [5.74, 6) is -1.58. The van der Waals surface area contributed by atoms with Crippen LogP contribution in [0, 0.1) is 5.82 Å². The molecule has 1 aromatic rings. The average molecular weight is 410 g/mol. The van der Waals surface area contributed by atoms with Gasteiger partial charge in [0.1, 0.15) is 5.82 Å². The molecule has 0 saturated carbocycles. The highest BCUT2D eigenvalue weighted by Crippen LogP contribution is 2.32. The monoisotopic (exact) mass is 410 g/mol. The number of nitrogens with one attached hydrogen (secondary N) is 1. The van der Waals surface area contributed by atoms with Crippen molar-refractivity contribution in [3.63, 3.8) is 0 Å². The molecule has 0 spiro atoms. The lowest BCUT2D eigenvalue weighted by Gasteiger charge is -2.14. The molecule has 0 aliphatic carbocycles. The Kier molecular flexibility index (Phi) is 5.47. The molecule has 0 bridgehead atoms. The van der Waals surface area contributed by atoms with Gasteiger partial charge >= 0.3 is 0 Å². The number of thioether (sulfide) groups is 1. The Hall–Kier alpha value is -2.46. The number of carbonyl (C=O) groups excluding carboxylic acids is 3. The summed E-state index contributed by atoms with van der Waals surface area (Å²) in [5, 5.41) is 3.09. The van der Waals surface area contributed by atoms with Crippen molar-refractivity contribution in [1.29, 1.82) is 0 Å². The summed E-state index contributed by atoms with van der Waals surface area (Å²) in [6, 6.07) is 4.87. The Morgan fingerprint density at radius 3 is 2.63 bits per heavy atom. The van der Waals surface area contributed by atoms with Gasteiger partial charge in [-0.2, -0.15) is 0 Å². The highest BCUT2D eigenvalue weighted by atomic mass is 32.2. The molecule has 142 valence electrons. The van der Waals surface area contributed by atoms with E-state index in [1.54, 1.807) is 0 Å². The van der Waals surface area contributed by atoms with Gasteiger partial charge in [-0.1, -0.05) is 12.1 Å². The summed E-state index contributed by atoms with van der Waals surface area (Å²) in [6.45, 7) is -0.111. The van der Waals surface area contributed by atoms with Crippen molar-refractivity contribution in [2.24, 2.45) is 0 Å². The minimum absolute atomic E-state index is 0.111. The van der Waals surface area contributed by atoms with Gasteiger partial charge in [-0.15, -0.1) is 0 Å². The topological polar surface area (TPSA) is 101 Å². The number of hydrogen-bond acceptors (Lipinski definition) is 6. The number of benzene rings is 1. The van der Waals surface area contributed by atoms with Gasteiger partial charge in [-0.25, -0.2) is 12.8 Å². The van der Waals surface area contributed by atoms with Crippen molar-refractivity contribution >= 4 is 44.7 Å². The van der Waals surface area contributed by atoms with E-state index in [-0.39, 0.29) is 23.6 Å². The van der Waals surface area contributed by atoms with Gasteiger partial charge in [0, 0.05) is 18.4 Å². The van der Waals surface area contributed by atoms with Crippen LogP contribution in [0.4, 0.5) is 9.18 Å². The molecule has 1 saturated heterocycles. The first-order valence-electron chi connectivity index (χ1n) is 7.95. The van der Waals surface area contributed by atoms with Crippen LogP contribution in [0.1, 0.15) is 12.0 Å². The van der Waals surface area contributed by atoms with E-state index < -0.39 is 38.7 Å². The first kappa shape index (κ1) is 19.3. The van der Waals surface area contributed by atoms with Crippen molar-refractivity contribution in [3.8, 4) is 0 Å². The third kappa shape index (κ3) is 4.83. The lowest BCUT2D eigenvalue weighted by atomic mass is 10.2. The standard InChI is InChI=1S/C17H15FN2O5S2/c18-12-3-1-11(2-4-12)9-14-16(22)20(17(23)26-14)7-5-15(21)19-13-6-8-27(24,25)10-13/h1-4,6,8-9,13H,5,7,10H2,(H,19,21)/b14-9-/t13-/m0/s1. The van der Waals surface area contributed by atoms with Gasteiger partial charge in [0.25, 0.3) is 11.1 Å². The van der Waals surface area contributed by atoms with Gasteiger partial charge in [-0.3, -0.25) is 19.3 Å². The van der Waals surface area contributed by atoms with Gasteiger partial charge in [-0.05, 0) is 41.6 Å². The molecule has 1 N–H and O–H groups in total. The van der Waals surface area contributed by atoms with Crippen LogP contribution in [0.5, 0.6) is 0 Å². The minimum atomic E-state index is -3.28. The molecular weight excluding hydrogens is 395 g/mol. The van der Waals surface area contributed by atoms with E-state index >= 15 is 0 Å². The molecule has 0 radical (unpaired) electrons. The van der Waals surface area contributed by atoms with Crippen molar-refractivity contribution in [1.82, 2.24) is 10.2 Å². The van der Waals surface area contributed by atoms with Gasteiger partial charge < -0.3 is 5.32 Å². The molecule has 7 nitrogen and oxygen atoms in total. The van der Waals surface area contributed by atoms with Crippen LogP contribution < -0.4 is 5.32 Å². The number of nitrogens with zero attached hydrogens (tertiary/aromatic N) is 1. The Morgan fingerprint density at radius 1 is 1.30 bits per heavy atom. The SMILES string of the molecule is O=C(CCN1C(=O)S/C(=C\c2ccc(F)cc2)C1=O)N[C@H]1C=CS(=O)(=O)C1. The summed E-state index contributed by atoms with van der Waals surface area (Å²) >= 11 is 0.748. The quantitative estimate of drug-likeness (QED) is 0.742. The molecule has 1 fully saturated rings. The van der Waals surface area contributed by atoms with Crippen LogP contribution >= 0.6 is 11.8 Å². The number of hydrogen-bond donors (Lipinski definition) is 1. The molecule has 1 aromatic carbocycles. The van der Waals surface area contributed by atoms with Crippen molar-refractivity contribution in [2.45, 2.75) is 12.5 Å². The van der Waals surface area contributed by atoms with E-state index in [4.69, 9.17) is 0 Å². The molecule has 3 rings (SSSR count). The second kappa shape index (κ2) is 7.65. The Morgan fingerprint density at radius 2 is 2.00 bits per heavy atom. The Balaban J connectivity index is 1.57. The average Bonchev–Trinajstić information content (AvgIpc) is 3.07. The number of imide groups is 1. The van der Waals surface area contributed by atoms with Crippen LogP contribution in [-0.4, -0.2) is 48.7 Å². The fourth-order valence-electron chi connectivity index (χ4n) is 2.56. The maximum Gasteiger partial charge on any atom is 0.293 e. The number of amides is 3. The molecule has 1 atom stereocenters. The summed E-state index contributed by atoms with van der Waals surface area (Å²) in [6.07, 6.45) is 2.74. The van der Waals surface area contributed by atoms with Crippen molar-refractivity contribution in [3.05, 3.63) is 52.0 Å². The summed E-state index contributed by atoms with van der Waals surface area (Å²) in [4.78, 5) is 37.5. The molecule has 27 heavy (non-hydrogen) atoms. The minimum Gasteiger partial charge on any atom is -0.349 e. The van der Waals surface area contributed by atoms with Crippen molar-refractivity contribution < 1.29 is 27.2 Å². The predicted octanol–water partition coefficient (Wildman–Crippen LogP) is 1.68. The molecule has 2 aliphatic rings. The zero-order valence-electron chi connectivity index (χ0n) is 13.9. The molecule has 2 aliphatic heterocycles. The fourth-order valence-corrected chi connectivity index (χ4v) is 4.66. The van der Waals surface area contributed by atoms with E-state index in [0.717, 1.165) is 22.1 Å². The number of halogens is 1. The largest absolute Gasteiger partial charge is 0.349 e. The Bertz CT molecular complexity index is 954. The third-order valence-corrected chi connectivity index (χ3v) is 6.18. The molecular formula is C17H15FN2O5S2. The molecule has 3 amide bonds. The summed E-state index contributed by atoms with van der Waals surface area (Å²) in [7, 11) is -3.28. The first-order chi connectivity index (χ1) is 12.7. The zero-order chi connectivity index (χ0) is 19.6. The normalized spacial score (nSPS) is 22.6. The second-order valence-electron chi connectivity index (χ2n) is 5.97. The van der Waals surface area contributed by atoms with Gasteiger partial charge in [0.05, 0.1) is 16.7 Å². The van der Waals surface area contributed by atoms with E-state index in [1.165, 1.54) is 36.4 Å². The van der Waals surface area contributed by atoms with Crippen LogP contribution in [-0.2, 0) is 19.4 Å². The maximum atomic E-state index is 12.9.